The molecule has 16 nitrogen and oxygen atoms in total. The molecule has 3 rings (SSSR count). The number of carbonyl (C=O) groups is 1. The van der Waals surface area contributed by atoms with Crippen LogP contribution >= 0.6 is 0 Å². The molecule has 0 spiro atoms. The molecule has 196 valence electrons. The maximum Gasteiger partial charge on any atom is 0.377 e. The first kappa shape index (κ1) is 26.9. The summed E-state index contributed by atoms with van der Waals surface area (Å²) in [6.07, 6.45) is -19.9. The molecule has 2 saturated heterocycles. The number of hydrogen-bond acceptors (Lipinski definition) is 16. The number of rotatable bonds is 8. The second-order valence-corrected chi connectivity index (χ2v) is 7.97. The lowest BCUT2D eigenvalue weighted by Gasteiger charge is -2.46. The number of aliphatic hydroxyl groups is 10. The van der Waals surface area contributed by atoms with Crippen molar-refractivity contribution in [1.82, 2.24) is 0 Å². The minimum absolute atomic E-state index is 0.722. The van der Waals surface area contributed by atoms with E-state index in [0.717, 1.165) is 0 Å². The predicted octanol–water partition coefficient (Wildman–Crippen LogP) is -5.76. The smallest absolute Gasteiger partial charge is 0.377 e. The maximum atomic E-state index is 11.2. The Morgan fingerprint density at radius 2 is 1.41 bits per heavy atom. The Morgan fingerprint density at radius 1 is 0.824 bits per heavy atom. The van der Waals surface area contributed by atoms with E-state index in [-0.39, 0.29) is 0 Å². The molecule has 0 saturated carbocycles. The van der Waals surface area contributed by atoms with E-state index in [9.17, 15) is 55.9 Å². The molecule has 3 aliphatic rings. The highest BCUT2D eigenvalue weighted by molar-refractivity contribution is 5.89. The van der Waals surface area contributed by atoms with Gasteiger partial charge in [-0.25, -0.2) is 4.79 Å². The Balaban J connectivity index is 1.62. The molecule has 0 amide bonds. The molecule has 0 bridgehead atoms. The molecule has 0 aromatic rings. The first-order valence-electron chi connectivity index (χ1n) is 10.2. The quantitative estimate of drug-likeness (QED) is 0.139. The van der Waals surface area contributed by atoms with Gasteiger partial charge < -0.3 is 74.7 Å². The predicted molar refractivity (Wildman–Crippen MR) is 101 cm³/mol. The molecule has 0 aromatic heterocycles. The molecule has 2 fully saturated rings. The second-order valence-electron chi connectivity index (χ2n) is 7.97. The van der Waals surface area contributed by atoms with E-state index in [1.54, 1.807) is 0 Å². The molecular weight excluding hydrogens is 472 g/mol. The molecule has 12 atom stereocenters. The summed E-state index contributed by atoms with van der Waals surface area (Å²) in [5.74, 6) is -3.27. The third-order valence-electron chi connectivity index (χ3n) is 5.68. The second kappa shape index (κ2) is 10.9. The van der Waals surface area contributed by atoms with Crippen molar-refractivity contribution in [2.24, 2.45) is 0 Å². The van der Waals surface area contributed by atoms with Crippen LogP contribution < -0.4 is 0 Å². The largest absolute Gasteiger partial charge is 0.505 e. The average Bonchev–Trinajstić information content (AvgIpc) is 3.08. The highest BCUT2D eigenvalue weighted by atomic mass is 16.7. The third kappa shape index (κ3) is 5.13. The zero-order valence-corrected chi connectivity index (χ0v) is 17.5. The van der Waals surface area contributed by atoms with Crippen LogP contribution in [0, 0.1) is 0 Å². The molecule has 0 radical (unpaired) electrons. The first-order valence-corrected chi connectivity index (χ1v) is 10.2. The lowest BCUT2D eigenvalue weighted by molar-refractivity contribution is -0.360. The number of esters is 1. The fraction of sp³-hybridized carbons (Fsp3) is 0.833. The van der Waals surface area contributed by atoms with Crippen LogP contribution in [0.3, 0.4) is 0 Å². The van der Waals surface area contributed by atoms with Crippen LogP contribution in [0.25, 0.3) is 0 Å². The van der Waals surface area contributed by atoms with Crippen molar-refractivity contribution in [3.8, 4) is 0 Å². The SMILES string of the molecule is O=C1O[C@H]([C@@H](O)CO[C@H]2O[C@H](CO)[C@@H](O[C@H]3O[C@H](CO)[C@@H](O)[C@H](O)[C@H]3O)[C@H](O)[C@H]2O)C(O)=C1O. The fourth-order valence-corrected chi connectivity index (χ4v) is 3.70. The zero-order valence-electron chi connectivity index (χ0n) is 17.5. The Morgan fingerprint density at radius 3 is 1.97 bits per heavy atom. The van der Waals surface area contributed by atoms with Crippen LogP contribution in [-0.2, 0) is 28.5 Å². The summed E-state index contributed by atoms with van der Waals surface area (Å²) in [6, 6.07) is 0. The minimum atomic E-state index is -1.85. The Bertz CT molecular complexity index is 741. The van der Waals surface area contributed by atoms with Gasteiger partial charge in [-0.2, -0.15) is 0 Å². The maximum absolute atomic E-state index is 11.2. The Labute approximate surface area is 191 Å². The van der Waals surface area contributed by atoms with Crippen LogP contribution in [0.5, 0.6) is 0 Å². The van der Waals surface area contributed by atoms with Crippen molar-refractivity contribution in [2.75, 3.05) is 19.8 Å². The monoisotopic (exact) mass is 500 g/mol. The average molecular weight is 500 g/mol. The number of carbonyl (C=O) groups excluding carboxylic acids is 1. The van der Waals surface area contributed by atoms with E-state index < -0.39 is 111 Å². The van der Waals surface area contributed by atoms with Gasteiger partial charge in [-0.05, 0) is 0 Å². The van der Waals surface area contributed by atoms with Crippen molar-refractivity contribution >= 4 is 5.97 Å². The van der Waals surface area contributed by atoms with E-state index in [1.807, 2.05) is 0 Å². The van der Waals surface area contributed by atoms with Crippen molar-refractivity contribution in [1.29, 1.82) is 0 Å². The van der Waals surface area contributed by atoms with Crippen LogP contribution in [-0.4, -0.2) is 150 Å². The summed E-state index contributed by atoms with van der Waals surface area (Å²) in [6.45, 7) is -2.26. The van der Waals surface area contributed by atoms with Crippen molar-refractivity contribution < 1.29 is 79.5 Å². The van der Waals surface area contributed by atoms with Crippen LogP contribution in [0.4, 0.5) is 0 Å². The topological polar surface area (TPSA) is 266 Å². The normalized spacial score (nSPS) is 44.2. The molecule has 34 heavy (non-hydrogen) atoms. The van der Waals surface area contributed by atoms with Crippen molar-refractivity contribution in [3.05, 3.63) is 11.5 Å². The van der Waals surface area contributed by atoms with E-state index >= 15 is 0 Å². The molecule has 0 aliphatic carbocycles. The van der Waals surface area contributed by atoms with Gasteiger partial charge in [-0.1, -0.05) is 0 Å². The highest BCUT2D eigenvalue weighted by Crippen LogP contribution is 2.30. The van der Waals surface area contributed by atoms with E-state index in [0.29, 0.717) is 0 Å². The summed E-state index contributed by atoms with van der Waals surface area (Å²) in [5, 5.41) is 98.5. The van der Waals surface area contributed by atoms with Gasteiger partial charge in [0, 0.05) is 0 Å². The number of cyclic esters (lactones) is 1. The van der Waals surface area contributed by atoms with Gasteiger partial charge in [0.05, 0.1) is 19.8 Å². The fourth-order valence-electron chi connectivity index (χ4n) is 3.70. The van der Waals surface area contributed by atoms with Crippen LogP contribution in [0.2, 0.25) is 0 Å². The molecule has 16 heteroatoms. The Hall–Kier alpha value is -1.67. The van der Waals surface area contributed by atoms with Crippen LogP contribution in [0.1, 0.15) is 0 Å². The molecule has 0 unspecified atom stereocenters. The summed E-state index contributed by atoms with van der Waals surface area (Å²) in [5.41, 5.74) is 0. The van der Waals surface area contributed by atoms with Gasteiger partial charge in [0.25, 0.3) is 0 Å². The highest BCUT2D eigenvalue weighted by Gasteiger charge is 2.51. The number of ether oxygens (including phenoxy) is 5. The third-order valence-corrected chi connectivity index (χ3v) is 5.68. The summed E-state index contributed by atoms with van der Waals surface area (Å²) in [4.78, 5) is 11.2. The Kier molecular flexibility index (Phi) is 8.66. The van der Waals surface area contributed by atoms with E-state index in [1.165, 1.54) is 0 Å². The number of hydrogen-bond donors (Lipinski definition) is 10. The van der Waals surface area contributed by atoms with Gasteiger partial charge in [-0.3, -0.25) is 0 Å². The van der Waals surface area contributed by atoms with E-state index in [2.05, 4.69) is 4.74 Å². The molecular formula is C18H28O16. The van der Waals surface area contributed by atoms with Gasteiger partial charge in [0.15, 0.2) is 24.4 Å². The summed E-state index contributed by atoms with van der Waals surface area (Å²) >= 11 is 0. The minimum Gasteiger partial charge on any atom is -0.505 e. The molecule has 10 N–H and O–H groups in total. The standard InChI is InChI=1S/C18H28O16/c19-1-5-7(22)8(23)12(27)18(31-5)34-15-6(2-20)32-17(13(28)10(15)25)30-3-4(21)14-9(24)11(26)16(29)33-14/h4-8,10,12-15,17-28H,1-3H2/t4-,5+,6+,7+,8-,10+,12+,13+,14+,15+,17-,18+/m0/s1. The number of aliphatic hydroxyl groups excluding tert-OH is 10. The summed E-state index contributed by atoms with van der Waals surface area (Å²) < 4.78 is 25.7. The summed E-state index contributed by atoms with van der Waals surface area (Å²) in [7, 11) is 0. The zero-order chi connectivity index (χ0) is 25.3. The van der Waals surface area contributed by atoms with E-state index in [4.69, 9.17) is 18.9 Å². The molecule has 0 aromatic carbocycles. The molecule has 3 heterocycles. The van der Waals surface area contributed by atoms with Gasteiger partial charge in [0.1, 0.15) is 54.9 Å². The van der Waals surface area contributed by atoms with Gasteiger partial charge >= 0.3 is 5.97 Å². The lowest BCUT2D eigenvalue weighted by Crippen LogP contribution is -2.64. The van der Waals surface area contributed by atoms with Crippen molar-refractivity contribution in [3.63, 3.8) is 0 Å². The molecule has 3 aliphatic heterocycles. The lowest BCUT2D eigenvalue weighted by atomic mass is 9.97. The van der Waals surface area contributed by atoms with Gasteiger partial charge in [0.2, 0.25) is 5.76 Å². The first-order chi connectivity index (χ1) is 16.0. The van der Waals surface area contributed by atoms with Crippen LogP contribution in [0.15, 0.2) is 11.5 Å². The van der Waals surface area contributed by atoms with Gasteiger partial charge in [-0.15, -0.1) is 0 Å². The van der Waals surface area contributed by atoms with Crippen molar-refractivity contribution in [2.45, 2.75) is 73.6 Å².